The molecule has 0 saturated carbocycles. The number of hydrogen-bond acceptors (Lipinski definition) is 3. The van der Waals surface area contributed by atoms with E-state index in [-0.39, 0.29) is 12.7 Å². The van der Waals surface area contributed by atoms with E-state index in [9.17, 15) is 0 Å². The van der Waals surface area contributed by atoms with Crippen molar-refractivity contribution in [1.29, 1.82) is 0 Å². The molecule has 1 fully saturated rings. The summed E-state index contributed by atoms with van der Waals surface area (Å²) in [6.45, 7) is 4.50. The fourth-order valence-electron chi connectivity index (χ4n) is 1.30. The van der Waals surface area contributed by atoms with E-state index < -0.39 is 5.79 Å². The van der Waals surface area contributed by atoms with Crippen LogP contribution in [0.2, 0.25) is 0 Å². The molecule has 1 aliphatic heterocycles. The van der Waals surface area contributed by atoms with Crippen LogP contribution in [-0.4, -0.2) is 30.2 Å². The van der Waals surface area contributed by atoms with Crippen LogP contribution >= 0.6 is 0 Å². The quantitative estimate of drug-likeness (QED) is 0.676. The summed E-state index contributed by atoms with van der Waals surface area (Å²) in [5, 5.41) is 8.84. The van der Waals surface area contributed by atoms with Gasteiger partial charge in [0.1, 0.15) is 6.10 Å². The van der Waals surface area contributed by atoms with Crippen LogP contribution in [0.1, 0.15) is 26.7 Å². The topological polar surface area (TPSA) is 38.7 Å². The van der Waals surface area contributed by atoms with E-state index in [1.807, 2.05) is 13.0 Å². The molecule has 0 aromatic carbocycles. The number of rotatable bonds is 4. The molecule has 2 atom stereocenters. The summed E-state index contributed by atoms with van der Waals surface area (Å²) in [4.78, 5) is 0. The van der Waals surface area contributed by atoms with Gasteiger partial charge in [-0.2, -0.15) is 0 Å². The lowest BCUT2D eigenvalue weighted by Gasteiger charge is -2.18. The van der Waals surface area contributed by atoms with Crippen LogP contribution in [0.3, 0.4) is 0 Å². The first-order chi connectivity index (χ1) is 6.20. The Hall–Kier alpha value is -0.380. The molecule has 1 saturated heterocycles. The summed E-state index contributed by atoms with van der Waals surface area (Å²) in [7, 11) is 0. The second kappa shape index (κ2) is 4.74. The SMILES string of the molecule is CCC/C=C/C1(C)OCC(CO)O1. The molecule has 1 rings (SSSR count). The summed E-state index contributed by atoms with van der Waals surface area (Å²) in [6.07, 6.45) is 5.96. The van der Waals surface area contributed by atoms with Crippen LogP contribution in [-0.2, 0) is 9.47 Å². The van der Waals surface area contributed by atoms with Gasteiger partial charge in [0.05, 0.1) is 13.2 Å². The molecule has 0 spiro atoms. The number of allylic oxidation sites excluding steroid dienone is 1. The van der Waals surface area contributed by atoms with Gasteiger partial charge in [0, 0.05) is 0 Å². The molecular weight excluding hydrogens is 168 g/mol. The van der Waals surface area contributed by atoms with Crippen LogP contribution < -0.4 is 0 Å². The van der Waals surface area contributed by atoms with E-state index in [2.05, 4.69) is 13.0 Å². The Morgan fingerprint density at radius 1 is 1.62 bits per heavy atom. The Morgan fingerprint density at radius 2 is 2.38 bits per heavy atom. The number of aliphatic hydroxyl groups is 1. The first kappa shape index (κ1) is 10.7. The van der Waals surface area contributed by atoms with E-state index in [1.54, 1.807) is 0 Å². The van der Waals surface area contributed by atoms with Gasteiger partial charge >= 0.3 is 0 Å². The fraction of sp³-hybridized carbons (Fsp3) is 0.800. The van der Waals surface area contributed by atoms with Crippen molar-refractivity contribution in [2.24, 2.45) is 0 Å². The Morgan fingerprint density at radius 3 is 2.92 bits per heavy atom. The summed E-state index contributed by atoms with van der Waals surface area (Å²) in [5.74, 6) is -0.622. The maximum atomic E-state index is 8.84. The highest BCUT2D eigenvalue weighted by molar-refractivity contribution is 4.96. The summed E-state index contributed by atoms with van der Waals surface area (Å²) in [5.41, 5.74) is 0. The third-order valence-corrected chi connectivity index (χ3v) is 2.04. The van der Waals surface area contributed by atoms with Gasteiger partial charge in [0.15, 0.2) is 5.79 Å². The smallest absolute Gasteiger partial charge is 0.185 e. The van der Waals surface area contributed by atoms with Gasteiger partial charge in [-0.25, -0.2) is 0 Å². The van der Waals surface area contributed by atoms with Crippen LogP contribution in [0.25, 0.3) is 0 Å². The van der Waals surface area contributed by atoms with Crippen molar-refractivity contribution < 1.29 is 14.6 Å². The molecule has 1 heterocycles. The van der Waals surface area contributed by atoms with Gasteiger partial charge < -0.3 is 14.6 Å². The van der Waals surface area contributed by atoms with Crippen LogP contribution in [0.4, 0.5) is 0 Å². The van der Waals surface area contributed by atoms with E-state index in [0.29, 0.717) is 6.61 Å². The first-order valence-electron chi connectivity index (χ1n) is 4.80. The highest BCUT2D eigenvalue weighted by Gasteiger charge is 2.34. The minimum absolute atomic E-state index is 0.0250. The van der Waals surface area contributed by atoms with Crippen molar-refractivity contribution in [3.8, 4) is 0 Å². The van der Waals surface area contributed by atoms with Gasteiger partial charge in [-0.05, 0) is 19.4 Å². The van der Waals surface area contributed by atoms with Crippen LogP contribution in [0, 0.1) is 0 Å². The molecule has 0 radical (unpaired) electrons. The first-order valence-corrected chi connectivity index (χ1v) is 4.80. The molecular formula is C10H18O3. The molecule has 3 heteroatoms. The Labute approximate surface area is 79.3 Å². The molecule has 13 heavy (non-hydrogen) atoms. The predicted octanol–water partition coefficient (Wildman–Crippen LogP) is 1.47. The zero-order valence-electron chi connectivity index (χ0n) is 8.32. The highest BCUT2D eigenvalue weighted by atomic mass is 16.7. The predicted molar refractivity (Wildman–Crippen MR) is 50.4 cm³/mol. The second-order valence-electron chi connectivity index (χ2n) is 3.44. The van der Waals surface area contributed by atoms with Gasteiger partial charge in [-0.1, -0.05) is 19.4 Å². The fourth-order valence-corrected chi connectivity index (χ4v) is 1.30. The second-order valence-corrected chi connectivity index (χ2v) is 3.44. The van der Waals surface area contributed by atoms with Gasteiger partial charge in [-0.15, -0.1) is 0 Å². The van der Waals surface area contributed by atoms with Crippen molar-refractivity contribution in [3.63, 3.8) is 0 Å². The Bertz CT molecular complexity index is 179. The van der Waals surface area contributed by atoms with Crippen LogP contribution in [0.15, 0.2) is 12.2 Å². The van der Waals surface area contributed by atoms with E-state index in [1.165, 1.54) is 0 Å². The largest absolute Gasteiger partial charge is 0.394 e. The third kappa shape index (κ3) is 3.10. The lowest BCUT2D eigenvalue weighted by molar-refractivity contribution is -0.118. The normalized spacial score (nSPS) is 34.5. The Balaban J connectivity index is 2.39. The number of ether oxygens (including phenoxy) is 2. The summed E-state index contributed by atoms with van der Waals surface area (Å²) in [6, 6.07) is 0. The number of aliphatic hydroxyl groups excluding tert-OH is 1. The van der Waals surface area contributed by atoms with Crippen molar-refractivity contribution in [1.82, 2.24) is 0 Å². The molecule has 0 aromatic heterocycles. The van der Waals surface area contributed by atoms with Crippen molar-refractivity contribution in [3.05, 3.63) is 12.2 Å². The summed E-state index contributed by atoms with van der Waals surface area (Å²) < 4.78 is 10.9. The number of hydrogen-bond donors (Lipinski definition) is 1. The van der Waals surface area contributed by atoms with E-state index in [4.69, 9.17) is 14.6 Å². The van der Waals surface area contributed by atoms with Crippen molar-refractivity contribution in [2.45, 2.75) is 38.6 Å². The van der Waals surface area contributed by atoms with Gasteiger partial charge in [-0.3, -0.25) is 0 Å². The number of unbranched alkanes of at least 4 members (excludes halogenated alkanes) is 1. The molecule has 0 bridgehead atoms. The lowest BCUT2D eigenvalue weighted by Crippen LogP contribution is -2.24. The average Bonchev–Trinajstić information content (AvgIpc) is 2.49. The standard InChI is InChI=1S/C10H18O3/c1-3-4-5-6-10(2)12-8-9(7-11)13-10/h5-6,9,11H,3-4,7-8H2,1-2H3/b6-5+. The van der Waals surface area contributed by atoms with Gasteiger partial charge in [0.25, 0.3) is 0 Å². The minimum Gasteiger partial charge on any atom is -0.394 e. The minimum atomic E-state index is -0.622. The maximum Gasteiger partial charge on any atom is 0.185 e. The maximum absolute atomic E-state index is 8.84. The molecule has 3 nitrogen and oxygen atoms in total. The molecule has 1 aliphatic rings. The molecule has 1 N–H and O–H groups in total. The van der Waals surface area contributed by atoms with Crippen molar-refractivity contribution in [2.75, 3.05) is 13.2 Å². The van der Waals surface area contributed by atoms with E-state index in [0.717, 1.165) is 12.8 Å². The molecule has 76 valence electrons. The zero-order chi connectivity index (χ0) is 9.73. The lowest BCUT2D eigenvalue weighted by atomic mass is 10.2. The Kier molecular flexibility index (Phi) is 3.90. The third-order valence-electron chi connectivity index (χ3n) is 2.04. The molecule has 0 amide bonds. The van der Waals surface area contributed by atoms with E-state index >= 15 is 0 Å². The van der Waals surface area contributed by atoms with Crippen LogP contribution in [0.5, 0.6) is 0 Å². The highest BCUT2D eigenvalue weighted by Crippen LogP contribution is 2.24. The van der Waals surface area contributed by atoms with Crippen molar-refractivity contribution >= 4 is 0 Å². The molecule has 0 aliphatic carbocycles. The molecule has 2 unspecified atom stereocenters. The monoisotopic (exact) mass is 186 g/mol. The zero-order valence-corrected chi connectivity index (χ0v) is 8.32. The summed E-state index contributed by atoms with van der Waals surface area (Å²) >= 11 is 0. The molecule has 0 aromatic rings. The van der Waals surface area contributed by atoms with Gasteiger partial charge in [0.2, 0.25) is 0 Å². The average molecular weight is 186 g/mol.